The number of hydrogen-bond donors (Lipinski definition) is 1. The lowest BCUT2D eigenvalue weighted by Gasteiger charge is -2.28. The number of ether oxygens (including phenoxy) is 1. The number of fused-ring (bicyclic) bond motifs is 1. The summed E-state index contributed by atoms with van der Waals surface area (Å²) in [6.45, 7) is 3.83. The topological polar surface area (TPSA) is 64.4 Å². The van der Waals surface area contributed by atoms with Crippen LogP contribution in [0.3, 0.4) is 0 Å². The Morgan fingerprint density at radius 1 is 1.25 bits per heavy atom. The number of nitrogens with zero attached hydrogens (tertiary/aromatic N) is 1. The normalized spacial score (nSPS) is 20.6. The molecule has 4 rings (SSSR count). The van der Waals surface area contributed by atoms with Crippen molar-refractivity contribution >= 4 is 11.6 Å². The van der Waals surface area contributed by atoms with E-state index in [-0.39, 0.29) is 12.0 Å². The molecule has 24 heavy (non-hydrogen) atoms. The van der Waals surface area contributed by atoms with Crippen molar-refractivity contribution in [1.29, 1.82) is 0 Å². The largest absolute Gasteiger partial charge is 0.478 e. The van der Waals surface area contributed by atoms with Gasteiger partial charge in [0.25, 0.3) is 5.91 Å². The fourth-order valence-electron chi connectivity index (χ4n) is 3.90. The van der Waals surface area contributed by atoms with Crippen molar-refractivity contribution in [2.24, 2.45) is 5.92 Å². The molecule has 1 amide bonds. The minimum Gasteiger partial charge on any atom is -0.478 e. The van der Waals surface area contributed by atoms with Gasteiger partial charge in [-0.2, -0.15) is 0 Å². The zero-order valence-electron chi connectivity index (χ0n) is 14.1. The molecule has 0 bridgehead atoms. The van der Waals surface area contributed by atoms with Crippen LogP contribution in [-0.2, 0) is 4.79 Å². The second kappa shape index (κ2) is 5.96. The molecule has 0 saturated heterocycles. The standard InChI is InChI=1S/C19H22N2O3/c1-11-18(12(2)24-21-11)14-7-8-15-16(10-14)23-17(19(22)20-15)9-13-5-3-4-6-13/h7-8,10,13,17H,3-6,9H2,1-2H3,(H,20,22). The fourth-order valence-corrected chi connectivity index (χ4v) is 3.90. The molecule has 0 radical (unpaired) electrons. The van der Waals surface area contributed by atoms with Gasteiger partial charge in [-0.25, -0.2) is 0 Å². The van der Waals surface area contributed by atoms with Crippen molar-refractivity contribution in [1.82, 2.24) is 5.16 Å². The van der Waals surface area contributed by atoms with E-state index in [2.05, 4.69) is 10.5 Å². The maximum atomic E-state index is 12.3. The average molecular weight is 326 g/mol. The first-order valence-electron chi connectivity index (χ1n) is 8.66. The lowest BCUT2D eigenvalue weighted by molar-refractivity contribution is -0.124. The number of nitrogens with one attached hydrogen (secondary N) is 1. The third-order valence-electron chi connectivity index (χ3n) is 5.15. The molecule has 2 aromatic rings. The molecule has 2 aliphatic rings. The number of aryl methyl sites for hydroxylation is 2. The molecule has 0 spiro atoms. The van der Waals surface area contributed by atoms with E-state index in [1.807, 2.05) is 32.0 Å². The maximum Gasteiger partial charge on any atom is 0.265 e. The number of amides is 1. The van der Waals surface area contributed by atoms with Crippen molar-refractivity contribution in [2.75, 3.05) is 5.32 Å². The van der Waals surface area contributed by atoms with E-state index in [9.17, 15) is 4.79 Å². The van der Waals surface area contributed by atoms with Crippen LogP contribution in [0.15, 0.2) is 22.7 Å². The first-order chi connectivity index (χ1) is 11.6. The fraction of sp³-hybridized carbons (Fsp3) is 0.474. The number of benzene rings is 1. The number of carbonyl (C=O) groups excluding carboxylic acids is 1. The predicted molar refractivity (Wildman–Crippen MR) is 91.0 cm³/mol. The van der Waals surface area contributed by atoms with Gasteiger partial charge in [-0.3, -0.25) is 4.79 Å². The smallest absolute Gasteiger partial charge is 0.265 e. The number of aromatic nitrogens is 1. The van der Waals surface area contributed by atoms with Crippen molar-refractivity contribution in [3.63, 3.8) is 0 Å². The zero-order chi connectivity index (χ0) is 16.7. The van der Waals surface area contributed by atoms with Crippen molar-refractivity contribution in [3.05, 3.63) is 29.7 Å². The van der Waals surface area contributed by atoms with Crippen molar-refractivity contribution < 1.29 is 14.1 Å². The Bertz CT molecular complexity index is 755. The Balaban J connectivity index is 1.61. The summed E-state index contributed by atoms with van der Waals surface area (Å²) in [5, 5.41) is 7.00. The van der Waals surface area contributed by atoms with Gasteiger partial charge in [0.05, 0.1) is 11.4 Å². The Labute approximate surface area is 141 Å². The predicted octanol–water partition coefficient (Wildman–Crippen LogP) is 4.24. The van der Waals surface area contributed by atoms with E-state index in [1.54, 1.807) is 0 Å². The minimum atomic E-state index is -0.388. The summed E-state index contributed by atoms with van der Waals surface area (Å²) >= 11 is 0. The number of carbonyl (C=O) groups is 1. The lowest BCUT2D eigenvalue weighted by atomic mass is 9.98. The van der Waals surface area contributed by atoms with E-state index in [0.717, 1.165) is 40.4 Å². The quantitative estimate of drug-likeness (QED) is 0.916. The summed E-state index contributed by atoms with van der Waals surface area (Å²) in [6.07, 6.45) is 5.37. The molecule has 1 aromatic carbocycles. The molecule has 1 N–H and O–H groups in total. The van der Waals surface area contributed by atoms with E-state index in [0.29, 0.717) is 5.92 Å². The highest BCUT2D eigenvalue weighted by Crippen LogP contribution is 2.38. The monoisotopic (exact) mass is 326 g/mol. The Hall–Kier alpha value is -2.30. The zero-order valence-corrected chi connectivity index (χ0v) is 14.1. The molecule has 1 atom stereocenters. The summed E-state index contributed by atoms with van der Waals surface area (Å²) in [5.41, 5.74) is 3.58. The van der Waals surface area contributed by atoms with E-state index < -0.39 is 0 Å². The summed E-state index contributed by atoms with van der Waals surface area (Å²) in [4.78, 5) is 12.3. The molecular weight excluding hydrogens is 304 g/mol. The first kappa shape index (κ1) is 15.2. The van der Waals surface area contributed by atoms with E-state index in [1.165, 1.54) is 25.7 Å². The molecule has 1 aromatic heterocycles. The van der Waals surface area contributed by atoms with Crippen LogP contribution in [0.4, 0.5) is 5.69 Å². The van der Waals surface area contributed by atoms with Gasteiger partial charge in [-0.15, -0.1) is 0 Å². The highest BCUT2D eigenvalue weighted by atomic mass is 16.5. The summed E-state index contributed by atoms with van der Waals surface area (Å²) in [6, 6.07) is 5.83. The van der Waals surface area contributed by atoms with Gasteiger partial charge in [0.2, 0.25) is 0 Å². The van der Waals surface area contributed by atoms with E-state index >= 15 is 0 Å². The molecule has 5 heteroatoms. The molecule has 1 fully saturated rings. The van der Waals surface area contributed by atoms with Crippen LogP contribution in [0.2, 0.25) is 0 Å². The molecule has 1 saturated carbocycles. The van der Waals surface area contributed by atoms with Crippen molar-refractivity contribution in [2.45, 2.75) is 52.1 Å². The van der Waals surface area contributed by atoms with Crippen molar-refractivity contribution in [3.8, 4) is 16.9 Å². The van der Waals surface area contributed by atoms with Crippen LogP contribution in [0.1, 0.15) is 43.6 Å². The molecule has 1 unspecified atom stereocenters. The van der Waals surface area contributed by atoms with Crippen LogP contribution < -0.4 is 10.1 Å². The van der Waals surface area contributed by atoms with Gasteiger partial charge in [0, 0.05) is 5.56 Å². The molecular formula is C19H22N2O3. The highest BCUT2D eigenvalue weighted by molar-refractivity contribution is 5.98. The number of rotatable bonds is 3. The van der Waals surface area contributed by atoms with Crippen LogP contribution >= 0.6 is 0 Å². The first-order valence-corrected chi connectivity index (χ1v) is 8.66. The SMILES string of the molecule is Cc1noc(C)c1-c1ccc2c(c1)OC(CC1CCCC1)C(=O)N2. The van der Waals surface area contributed by atoms with Crippen LogP contribution in [0, 0.1) is 19.8 Å². The average Bonchev–Trinajstić information content (AvgIpc) is 3.18. The third kappa shape index (κ3) is 2.68. The van der Waals surface area contributed by atoms with Crippen LogP contribution in [0.5, 0.6) is 5.75 Å². The van der Waals surface area contributed by atoms with Gasteiger partial charge in [0.1, 0.15) is 11.5 Å². The molecule has 1 aliphatic carbocycles. The van der Waals surface area contributed by atoms with E-state index in [4.69, 9.17) is 9.26 Å². The molecule has 5 nitrogen and oxygen atoms in total. The molecule has 1 aliphatic heterocycles. The Kier molecular flexibility index (Phi) is 3.79. The van der Waals surface area contributed by atoms with Gasteiger partial charge >= 0.3 is 0 Å². The lowest BCUT2D eigenvalue weighted by Crippen LogP contribution is -2.38. The van der Waals surface area contributed by atoms with Crippen LogP contribution in [0.25, 0.3) is 11.1 Å². The maximum absolute atomic E-state index is 12.3. The van der Waals surface area contributed by atoms with Gasteiger partial charge in [-0.05, 0) is 43.9 Å². The highest BCUT2D eigenvalue weighted by Gasteiger charge is 2.31. The van der Waals surface area contributed by atoms with Crippen LogP contribution in [-0.4, -0.2) is 17.2 Å². The number of hydrogen-bond acceptors (Lipinski definition) is 4. The third-order valence-corrected chi connectivity index (χ3v) is 5.15. The molecule has 126 valence electrons. The second-order valence-corrected chi connectivity index (χ2v) is 6.89. The minimum absolute atomic E-state index is 0.0283. The molecule has 2 heterocycles. The summed E-state index contributed by atoms with van der Waals surface area (Å²) in [5.74, 6) is 2.09. The van der Waals surface area contributed by atoms with Gasteiger partial charge in [-0.1, -0.05) is 36.9 Å². The van der Waals surface area contributed by atoms with Gasteiger partial charge < -0.3 is 14.6 Å². The van der Waals surface area contributed by atoms with Gasteiger partial charge in [0.15, 0.2) is 6.10 Å². The Morgan fingerprint density at radius 3 is 2.75 bits per heavy atom. The summed E-state index contributed by atoms with van der Waals surface area (Å²) < 4.78 is 11.3. The second-order valence-electron chi connectivity index (χ2n) is 6.89. The summed E-state index contributed by atoms with van der Waals surface area (Å²) in [7, 11) is 0. The number of anilines is 1. The Morgan fingerprint density at radius 2 is 2.04 bits per heavy atom.